The van der Waals surface area contributed by atoms with Crippen molar-refractivity contribution in [2.24, 2.45) is 0 Å². The molecule has 2 N–H and O–H groups in total. The highest BCUT2D eigenvalue weighted by atomic mass is 16.5. The number of ether oxygens (including phenoxy) is 1. The molecule has 0 atom stereocenters. The third-order valence-corrected chi connectivity index (χ3v) is 3.31. The fourth-order valence-corrected chi connectivity index (χ4v) is 2.12. The number of aryl methyl sites for hydroxylation is 1. The quantitative estimate of drug-likeness (QED) is 0.741. The minimum atomic E-state index is 0.563. The summed E-state index contributed by atoms with van der Waals surface area (Å²) in [6.45, 7) is 2.13. The predicted molar refractivity (Wildman–Crippen MR) is 79.2 cm³/mol. The van der Waals surface area contributed by atoms with Crippen molar-refractivity contribution in [2.45, 2.75) is 13.3 Å². The number of nitrogens with two attached hydrogens (primary N) is 1. The standard InChI is InChI=1S/C15H16N4O/c1-3-10-4-6-11(7-5-10)19-17-13-8-12(16)15(20-2)9-14(13)18-19/h4-9H,3,16H2,1-2H3. The summed E-state index contributed by atoms with van der Waals surface area (Å²) in [6.07, 6.45) is 1.02. The van der Waals surface area contributed by atoms with Gasteiger partial charge in [0.15, 0.2) is 0 Å². The number of aromatic nitrogens is 3. The molecule has 3 rings (SSSR count). The van der Waals surface area contributed by atoms with Crippen LogP contribution in [0.2, 0.25) is 0 Å². The molecule has 0 bridgehead atoms. The van der Waals surface area contributed by atoms with Crippen molar-refractivity contribution in [3.8, 4) is 11.4 Å². The molecule has 5 heteroatoms. The summed E-state index contributed by atoms with van der Waals surface area (Å²) in [5.41, 5.74) is 10.2. The Morgan fingerprint density at radius 1 is 1.10 bits per heavy atom. The molecule has 0 saturated carbocycles. The highest BCUT2D eigenvalue weighted by molar-refractivity contribution is 5.81. The first-order valence-corrected chi connectivity index (χ1v) is 6.51. The number of methoxy groups -OCH3 is 1. The smallest absolute Gasteiger partial charge is 0.144 e. The summed E-state index contributed by atoms with van der Waals surface area (Å²) in [5.74, 6) is 0.617. The van der Waals surface area contributed by atoms with Gasteiger partial charge in [0.2, 0.25) is 0 Å². The van der Waals surface area contributed by atoms with Crippen LogP contribution in [0, 0.1) is 0 Å². The van der Waals surface area contributed by atoms with Gasteiger partial charge < -0.3 is 10.5 Å². The molecule has 102 valence electrons. The van der Waals surface area contributed by atoms with E-state index in [-0.39, 0.29) is 0 Å². The number of fused-ring (bicyclic) bond motifs is 1. The van der Waals surface area contributed by atoms with Crippen LogP contribution in [0.25, 0.3) is 16.7 Å². The Bertz CT molecular complexity index is 746. The minimum absolute atomic E-state index is 0.563. The summed E-state index contributed by atoms with van der Waals surface area (Å²) in [4.78, 5) is 1.61. The minimum Gasteiger partial charge on any atom is -0.495 e. The van der Waals surface area contributed by atoms with Gasteiger partial charge in [0.1, 0.15) is 16.8 Å². The first kappa shape index (κ1) is 12.5. The average molecular weight is 268 g/mol. The van der Waals surface area contributed by atoms with E-state index in [2.05, 4.69) is 29.3 Å². The molecule has 0 fully saturated rings. The van der Waals surface area contributed by atoms with E-state index in [4.69, 9.17) is 10.5 Å². The summed E-state index contributed by atoms with van der Waals surface area (Å²) in [6, 6.07) is 11.8. The van der Waals surface area contributed by atoms with Gasteiger partial charge in [-0.1, -0.05) is 19.1 Å². The normalized spacial score (nSPS) is 10.9. The molecule has 0 unspecified atom stereocenters. The van der Waals surface area contributed by atoms with Gasteiger partial charge in [-0.2, -0.15) is 4.80 Å². The second-order valence-electron chi connectivity index (χ2n) is 4.59. The summed E-state index contributed by atoms with van der Waals surface area (Å²) in [7, 11) is 1.59. The van der Waals surface area contributed by atoms with Crippen LogP contribution in [0.15, 0.2) is 36.4 Å². The monoisotopic (exact) mass is 268 g/mol. The molecule has 2 aromatic carbocycles. The van der Waals surface area contributed by atoms with Crippen LogP contribution in [0.4, 0.5) is 5.69 Å². The Labute approximate surface area is 117 Å². The van der Waals surface area contributed by atoms with Crippen LogP contribution < -0.4 is 10.5 Å². The second kappa shape index (κ2) is 4.85. The topological polar surface area (TPSA) is 66.0 Å². The van der Waals surface area contributed by atoms with E-state index >= 15 is 0 Å². The van der Waals surface area contributed by atoms with Gasteiger partial charge in [-0.05, 0) is 30.2 Å². The van der Waals surface area contributed by atoms with E-state index in [1.165, 1.54) is 5.56 Å². The number of nitrogen functional groups attached to an aromatic ring is 1. The van der Waals surface area contributed by atoms with Gasteiger partial charge in [0.05, 0.1) is 18.5 Å². The molecule has 20 heavy (non-hydrogen) atoms. The van der Waals surface area contributed by atoms with Crippen molar-refractivity contribution in [3.63, 3.8) is 0 Å². The lowest BCUT2D eigenvalue weighted by Gasteiger charge is -2.01. The van der Waals surface area contributed by atoms with E-state index < -0.39 is 0 Å². The van der Waals surface area contributed by atoms with Crippen LogP contribution in [0.3, 0.4) is 0 Å². The number of hydrogen-bond acceptors (Lipinski definition) is 4. The molecule has 0 spiro atoms. The molecule has 5 nitrogen and oxygen atoms in total. The number of hydrogen-bond donors (Lipinski definition) is 1. The molecule has 3 aromatic rings. The average Bonchev–Trinajstić information content (AvgIpc) is 2.89. The zero-order valence-electron chi connectivity index (χ0n) is 11.5. The van der Waals surface area contributed by atoms with Crippen molar-refractivity contribution in [2.75, 3.05) is 12.8 Å². The van der Waals surface area contributed by atoms with E-state index in [0.717, 1.165) is 23.1 Å². The van der Waals surface area contributed by atoms with Crippen molar-refractivity contribution in [3.05, 3.63) is 42.0 Å². The van der Waals surface area contributed by atoms with Crippen LogP contribution in [-0.4, -0.2) is 22.1 Å². The molecule has 1 heterocycles. The lowest BCUT2D eigenvalue weighted by molar-refractivity contribution is 0.417. The van der Waals surface area contributed by atoms with Gasteiger partial charge in [0.25, 0.3) is 0 Å². The molecule has 0 aliphatic heterocycles. The van der Waals surface area contributed by atoms with E-state index in [9.17, 15) is 0 Å². The first-order chi connectivity index (χ1) is 9.71. The van der Waals surface area contributed by atoms with Gasteiger partial charge in [-0.25, -0.2) is 0 Å². The zero-order chi connectivity index (χ0) is 14.1. The van der Waals surface area contributed by atoms with Gasteiger partial charge in [0, 0.05) is 6.07 Å². The Morgan fingerprint density at radius 2 is 1.75 bits per heavy atom. The highest BCUT2D eigenvalue weighted by Crippen LogP contribution is 2.26. The maximum Gasteiger partial charge on any atom is 0.144 e. The molecular weight excluding hydrogens is 252 g/mol. The third-order valence-electron chi connectivity index (χ3n) is 3.31. The van der Waals surface area contributed by atoms with E-state index in [0.29, 0.717) is 11.4 Å². The zero-order valence-corrected chi connectivity index (χ0v) is 11.5. The van der Waals surface area contributed by atoms with Crippen LogP contribution >= 0.6 is 0 Å². The maximum absolute atomic E-state index is 5.88. The van der Waals surface area contributed by atoms with Crippen molar-refractivity contribution in [1.29, 1.82) is 0 Å². The lowest BCUT2D eigenvalue weighted by Crippen LogP contribution is -1.98. The van der Waals surface area contributed by atoms with E-state index in [1.54, 1.807) is 24.0 Å². The Hall–Kier alpha value is -2.56. The molecule has 0 radical (unpaired) electrons. The summed E-state index contributed by atoms with van der Waals surface area (Å²) >= 11 is 0. The Kier molecular flexibility index (Phi) is 3.02. The fourth-order valence-electron chi connectivity index (χ4n) is 2.12. The highest BCUT2D eigenvalue weighted by Gasteiger charge is 2.08. The van der Waals surface area contributed by atoms with Crippen LogP contribution in [-0.2, 0) is 6.42 Å². The van der Waals surface area contributed by atoms with Crippen molar-refractivity contribution in [1.82, 2.24) is 15.0 Å². The number of anilines is 1. The molecule has 1 aromatic heterocycles. The summed E-state index contributed by atoms with van der Waals surface area (Å²) in [5, 5.41) is 8.90. The van der Waals surface area contributed by atoms with Crippen LogP contribution in [0.1, 0.15) is 12.5 Å². The summed E-state index contributed by atoms with van der Waals surface area (Å²) < 4.78 is 5.20. The van der Waals surface area contributed by atoms with Crippen LogP contribution in [0.5, 0.6) is 5.75 Å². The number of nitrogens with zero attached hydrogens (tertiary/aromatic N) is 3. The molecule has 0 aliphatic carbocycles. The van der Waals surface area contributed by atoms with Gasteiger partial charge in [-0.3, -0.25) is 0 Å². The second-order valence-corrected chi connectivity index (χ2v) is 4.59. The third kappa shape index (κ3) is 2.07. The fraction of sp³-hybridized carbons (Fsp3) is 0.200. The predicted octanol–water partition coefficient (Wildman–Crippen LogP) is 2.57. The molecule has 0 saturated heterocycles. The number of rotatable bonds is 3. The SMILES string of the molecule is CCc1ccc(-n2nc3cc(N)c(OC)cc3n2)cc1. The van der Waals surface area contributed by atoms with Crippen molar-refractivity contribution >= 4 is 16.7 Å². The lowest BCUT2D eigenvalue weighted by atomic mass is 10.2. The largest absolute Gasteiger partial charge is 0.495 e. The van der Waals surface area contributed by atoms with Gasteiger partial charge in [-0.15, -0.1) is 10.2 Å². The molecule has 0 aliphatic rings. The van der Waals surface area contributed by atoms with Gasteiger partial charge >= 0.3 is 0 Å². The maximum atomic E-state index is 5.88. The number of benzene rings is 2. The van der Waals surface area contributed by atoms with E-state index in [1.807, 2.05) is 12.1 Å². The first-order valence-electron chi connectivity index (χ1n) is 6.51. The Morgan fingerprint density at radius 3 is 2.35 bits per heavy atom. The molecular formula is C15H16N4O. The van der Waals surface area contributed by atoms with Crippen molar-refractivity contribution < 1.29 is 4.74 Å². The molecule has 0 amide bonds. The Balaban J connectivity index is 2.07.